The summed E-state index contributed by atoms with van der Waals surface area (Å²) in [5.74, 6) is -0.572. The van der Waals surface area contributed by atoms with E-state index in [1.807, 2.05) is 30.3 Å². The number of aryl methyl sites for hydroxylation is 1. The summed E-state index contributed by atoms with van der Waals surface area (Å²) < 4.78 is 18.6. The summed E-state index contributed by atoms with van der Waals surface area (Å²) in [4.78, 5) is 28.2. The van der Waals surface area contributed by atoms with E-state index in [1.165, 1.54) is 12.1 Å². The van der Waals surface area contributed by atoms with Crippen LogP contribution in [-0.4, -0.2) is 41.0 Å². The highest BCUT2D eigenvalue weighted by atomic mass is 19.1. The molecule has 0 radical (unpaired) electrons. The Hall–Kier alpha value is -3.48. The van der Waals surface area contributed by atoms with Crippen LogP contribution in [-0.2, 0) is 11.2 Å². The number of carbonyl (C=O) groups excluding carboxylic acids is 2. The molecule has 0 saturated carbocycles. The molecule has 4 rings (SSSR count). The third kappa shape index (κ3) is 4.66. The van der Waals surface area contributed by atoms with Crippen LogP contribution >= 0.6 is 0 Å². The largest absolute Gasteiger partial charge is 0.360 e. The van der Waals surface area contributed by atoms with Gasteiger partial charge in [0.05, 0.1) is 0 Å². The van der Waals surface area contributed by atoms with Gasteiger partial charge in [-0.2, -0.15) is 0 Å². The molecule has 1 saturated heterocycles. The minimum Gasteiger partial charge on any atom is -0.360 e. The van der Waals surface area contributed by atoms with Crippen molar-refractivity contribution in [2.75, 3.05) is 13.1 Å². The zero-order chi connectivity index (χ0) is 21.8. The van der Waals surface area contributed by atoms with Gasteiger partial charge in [-0.1, -0.05) is 35.5 Å². The topological polar surface area (TPSA) is 75.4 Å². The van der Waals surface area contributed by atoms with Crippen LogP contribution < -0.4 is 5.32 Å². The number of likely N-dealkylation sites (tertiary alicyclic amines) is 1. The quantitative estimate of drug-likeness (QED) is 0.658. The molecule has 1 fully saturated rings. The second-order valence-corrected chi connectivity index (χ2v) is 7.72. The number of nitrogens with zero attached hydrogens (tertiary/aromatic N) is 2. The number of halogens is 1. The average molecular weight is 421 g/mol. The van der Waals surface area contributed by atoms with Gasteiger partial charge in [0, 0.05) is 25.1 Å². The van der Waals surface area contributed by atoms with Crippen LogP contribution in [0.2, 0.25) is 0 Å². The molecule has 31 heavy (non-hydrogen) atoms. The van der Waals surface area contributed by atoms with Crippen LogP contribution in [0.15, 0.2) is 59.1 Å². The highest BCUT2D eigenvalue weighted by Gasteiger charge is 2.30. The molecule has 0 spiro atoms. The van der Waals surface area contributed by atoms with E-state index in [2.05, 4.69) is 10.5 Å². The maximum Gasteiger partial charge on any atom is 0.257 e. The summed E-state index contributed by atoms with van der Waals surface area (Å²) in [6, 6.07) is 14.6. The first-order chi connectivity index (χ1) is 15.0. The van der Waals surface area contributed by atoms with Crippen molar-refractivity contribution in [2.24, 2.45) is 0 Å². The molecule has 2 amide bonds. The van der Waals surface area contributed by atoms with Crippen molar-refractivity contribution in [3.63, 3.8) is 0 Å². The highest BCUT2D eigenvalue weighted by molar-refractivity contribution is 6.02. The lowest BCUT2D eigenvalue weighted by molar-refractivity contribution is -0.132. The Morgan fingerprint density at radius 2 is 1.77 bits per heavy atom. The second-order valence-electron chi connectivity index (χ2n) is 7.72. The van der Waals surface area contributed by atoms with Crippen LogP contribution in [0.1, 0.15) is 34.5 Å². The normalized spacial score (nSPS) is 14.5. The van der Waals surface area contributed by atoms with Gasteiger partial charge < -0.3 is 14.7 Å². The number of hydrogen-bond donors (Lipinski definition) is 1. The van der Waals surface area contributed by atoms with Crippen molar-refractivity contribution >= 4 is 11.8 Å². The van der Waals surface area contributed by atoms with Crippen LogP contribution in [0.4, 0.5) is 4.39 Å². The smallest absolute Gasteiger partial charge is 0.257 e. The Morgan fingerprint density at radius 3 is 2.45 bits per heavy atom. The van der Waals surface area contributed by atoms with Crippen LogP contribution in [0.25, 0.3) is 11.3 Å². The van der Waals surface area contributed by atoms with Crippen molar-refractivity contribution < 1.29 is 18.5 Å². The summed E-state index contributed by atoms with van der Waals surface area (Å²) in [5.41, 5.74) is 2.09. The average Bonchev–Trinajstić information content (AvgIpc) is 3.44. The molecule has 3 aromatic rings. The minimum atomic E-state index is -0.705. The van der Waals surface area contributed by atoms with E-state index < -0.39 is 11.9 Å². The van der Waals surface area contributed by atoms with Crippen LogP contribution in [0, 0.1) is 12.7 Å². The van der Waals surface area contributed by atoms with Crippen molar-refractivity contribution in [1.29, 1.82) is 0 Å². The molecule has 1 aliphatic rings. The molecule has 1 aliphatic heterocycles. The monoisotopic (exact) mass is 421 g/mol. The molecule has 6 nitrogen and oxygen atoms in total. The van der Waals surface area contributed by atoms with Gasteiger partial charge in [-0.15, -0.1) is 0 Å². The predicted molar refractivity (Wildman–Crippen MR) is 114 cm³/mol. The lowest BCUT2D eigenvalue weighted by atomic mass is 10.0. The van der Waals surface area contributed by atoms with E-state index in [9.17, 15) is 14.0 Å². The molecule has 1 atom stereocenters. The third-order valence-electron chi connectivity index (χ3n) is 5.51. The Kier molecular flexibility index (Phi) is 6.11. The standard InChI is InChI=1S/C24H24FN3O3/c1-16-21(22(27-31-16)18-9-11-19(25)12-10-18)23(29)26-20(15-17-7-3-2-4-8-17)24(30)28-13-5-6-14-28/h2-4,7-12,20H,5-6,13-15H2,1H3,(H,26,29)/t20-/m1/s1. The molecule has 0 unspecified atom stereocenters. The third-order valence-corrected chi connectivity index (χ3v) is 5.51. The lowest BCUT2D eigenvalue weighted by Crippen LogP contribution is -2.49. The molecule has 1 aromatic heterocycles. The van der Waals surface area contributed by atoms with E-state index in [-0.39, 0.29) is 17.3 Å². The Balaban J connectivity index is 1.61. The number of rotatable bonds is 6. The van der Waals surface area contributed by atoms with Crippen molar-refractivity contribution in [1.82, 2.24) is 15.4 Å². The van der Waals surface area contributed by atoms with Crippen molar-refractivity contribution in [3.8, 4) is 11.3 Å². The summed E-state index contributed by atoms with van der Waals surface area (Å²) >= 11 is 0. The number of benzene rings is 2. The fraction of sp³-hybridized carbons (Fsp3) is 0.292. The van der Waals surface area contributed by atoms with Crippen molar-refractivity contribution in [2.45, 2.75) is 32.2 Å². The van der Waals surface area contributed by atoms with E-state index in [1.54, 1.807) is 24.0 Å². The molecule has 2 heterocycles. The van der Waals surface area contributed by atoms with Crippen molar-refractivity contribution in [3.05, 3.63) is 77.3 Å². The first kappa shape index (κ1) is 20.8. The maximum absolute atomic E-state index is 13.3. The molecule has 2 aromatic carbocycles. The van der Waals surface area contributed by atoms with E-state index in [4.69, 9.17) is 4.52 Å². The maximum atomic E-state index is 13.3. The number of hydrogen-bond acceptors (Lipinski definition) is 4. The predicted octanol–water partition coefficient (Wildman–Crippen LogP) is 3.75. The molecular weight excluding hydrogens is 397 g/mol. The Morgan fingerprint density at radius 1 is 1.10 bits per heavy atom. The molecule has 0 aliphatic carbocycles. The summed E-state index contributed by atoms with van der Waals surface area (Å²) in [6.45, 7) is 3.05. The SMILES string of the molecule is Cc1onc(-c2ccc(F)cc2)c1C(=O)N[C@H](Cc1ccccc1)C(=O)N1CCCC1. The van der Waals surface area contributed by atoms with Gasteiger partial charge in [0.25, 0.3) is 5.91 Å². The fourth-order valence-corrected chi connectivity index (χ4v) is 3.88. The zero-order valence-electron chi connectivity index (χ0n) is 17.3. The first-order valence-corrected chi connectivity index (χ1v) is 10.4. The van der Waals surface area contributed by atoms with Gasteiger partial charge in [0.1, 0.15) is 28.9 Å². The molecule has 7 heteroatoms. The minimum absolute atomic E-state index is 0.0906. The summed E-state index contributed by atoms with van der Waals surface area (Å²) in [6.07, 6.45) is 2.33. The number of amides is 2. The van der Waals surface area contributed by atoms with Gasteiger partial charge in [-0.25, -0.2) is 4.39 Å². The second kappa shape index (κ2) is 9.12. The first-order valence-electron chi connectivity index (χ1n) is 10.4. The molecule has 1 N–H and O–H groups in total. The molecule has 0 bridgehead atoms. The van der Waals surface area contributed by atoms with Gasteiger partial charge >= 0.3 is 0 Å². The lowest BCUT2D eigenvalue weighted by Gasteiger charge is -2.24. The molecular formula is C24H24FN3O3. The highest BCUT2D eigenvalue weighted by Crippen LogP contribution is 2.26. The van der Waals surface area contributed by atoms with E-state index in [0.29, 0.717) is 36.5 Å². The van der Waals surface area contributed by atoms with Crippen LogP contribution in [0.3, 0.4) is 0 Å². The Labute approximate surface area is 180 Å². The molecule has 160 valence electrons. The number of nitrogens with one attached hydrogen (secondary N) is 1. The van der Waals surface area contributed by atoms with Crippen LogP contribution in [0.5, 0.6) is 0 Å². The van der Waals surface area contributed by atoms with Gasteiger partial charge in [0.15, 0.2) is 0 Å². The summed E-state index contributed by atoms with van der Waals surface area (Å²) in [5, 5.41) is 6.90. The number of carbonyl (C=O) groups is 2. The number of aromatic nitrogens is 1. The zero-order valence-corrected chi connectivity index (χ0v) is 17.3. The Bertz CT molecular complexity index is 1060. The van der Waals surface area contributed by atoms with E-state index in [0.717, 1.165) is 18.4 Å². The van der Waals surface area contributed by atoms with Gasteiger partial charge in [-0.3, -0.25) is 9.59 Å². The summed E-state index contributed by atoms with van der Waals surface area (Å²) in [7, 11) is 0. The van der Waals surface area contributed by atoms with Gasteiger partial charge in [-0.05, 0) is 49.6 Å². The van der Waals surface area contributed by atoms with E-state index >= 15 is 0 Å². The van der Waals surface area contributed by atoms with Gasteiger partial charge in [0.2, 0.25) is 5.91 Å². The fourth-order valence-electron chi connectivity index (χ4n) is 3.88.